The Morgan fingerprint density at radius 3 is 2.35 bits per heavy atom. The van der Waals surface area contributed by atoms with Crippen molar-refractivity contribution in [2.75, 3.05) is 0 Å². The summed E-state index contributed by atoms with van der Waals surface area (Å²) in [6, 6.07) is 0. The number of carboxylic acids is 1. The summed E-state index contributed by atoms with van der Waals surface area (Å²) in [6.45, 7) is 15.4. The summed E-state index contributed by atoms with van der Waals surface area (Å²) >= 11 is 0. The number of hydrogen-bond acceptors (Lipinski definition) is 7. The van der Waals surface area contributed by atoms with Crippen LogP contribution < -0.4 is 9.47 Å². The van der Waals surface area contributed by atoms with Crippen molar-refractivity contribution in [2.24, 2.45) is 11.8 Å². The molecule has 0 radical (unpaired) electrons. The van der Waals surface area contributed by atoms with E-state index in [2.05, 4.69) is 19.9 Å². The van der Waals surface area contributed by atoms with Crippen LogP contribution in [0.2, 0.25) is 0 Å². The van der Waals surface area contributed by atoms with Gasteiger partial charge in [0.15, 0.2) is 22.8 Å². The van der Waals surface area contributed by atoms with E-state index in [9.17, 15) is 24.6 Å². The van der Waals surface area contributed by atoms with Gasteiger partial charge in [0.25, 0.3) is 0 Å². The van der Waals surface area contributed by atoms with Gasteiger partial charge < -0.3 is 24.4 Å². The number of carbonyl (C=O) groups excluding carboxylic acids is 2. The topological polar surface area (TPSA) is 119 Å². The molecule has 0 amide bonds. The fraction of sp³-hybridized carbons (Fsp3) is 0.500. The van der Waals surface area contributed by atoms with Gasteiger partial charge >= 0.3 is 5.97 Å². The predicted octanol–water partition coefficient (Wildman–Crippen LogP) is 7.24. The third kappa shape index (κ3) is 4.47. The molecule has 1 aromatic carbocycles. The maximum Gasteiger partial charge on any atom is 0.330 e. The fourth-order valence-electron chi connectivity index (χ4n) is 8.17. The highest BCUT2D eigenvalue weighted by molar-refractivity contribution is 6.19. The molecule has 5 atom stereocenters. The Bertz CT molecular complexity index is 1730. The Hall–Kier alpha value is -3.91. The smallest absolute Gasteiger partial charge is 0.330 e. The second-order valence-corrected chi connectivity index (χ2v) is 14.8. The molecule has 2 fully saturated rings. The van der Waals surface area contributed by atoms with Gasteiger partial charge in [-0.25, -0.2) is 4.79 Å². The van der Waals surface area contributed by atoms with Gasteiger partial charge in [0.05, 0.1) is 11.2 Å². The number of ketones is 2. The number of carboxylic acid groups (broad SMARTS) is 1. The minimum atomic E-state index is -1.63. The summed E-state index contributed by atoms with van der Waals surface area (Å²) in [7, 11) is 0. The molecule has 6 aliphatic rings. The van der Waals surface area contributed by atoms with Gasteiger partial charge in [-0.1, -0.05) is 35.5 Å². The first-order chi connectivity index (χ1) is 21.5. The fourth-order valence-corrected chi connectivity index (χ4v) is 8.17. The number of hydrogen-bond donors (Lipinski definition) is 2. The average molecular weight is 629 g/mol. The zero-order valence-electron chi connectivity index (χ0n) is 28.0. The summed E-state index contributed by atoms with van der Waals surface area (Å²) in [5, 5.41) is 21.4. The lowest BCUT2D eigenvalue weighted by Gasteiger charge is -2.56. The van der Waals surface area contributed by atoms with Crippen molar-refractivity contribution in [3.63, 3.8) is 0 Å². The molecule has 8 heteroatoms. The van der Waals surface area contributed by atoms with Crippen molar-refractivity contribution >= 4 is 23.6 Å². The molecular formula is C38H44O8. The van der Waals surface area contributed by atoms with E-state index >= 15 is 0 Å². The summed E-state index contributed by atoms with van der Waals surface area (Å²) < 4.78 is 20.6. The number of rotatable bonds is 8. The summed E-state index contributed by atoms with van der Waals surface area (Å²) in [5.74, 6) is -2.28. The molecule has 46 heavy (non-hydrogen) atoms. The highest BCUT2D eigenvalue weighted by Gasteiger charge is 2.81. The second-order valence-electron chi connectivity index (χ2n) is 14.8. The molecule has 2 unspecified atom stereocenters. The van der Waals surface area contributed by atoms with E-state index < -0.39 is 40.1 Å². The molecule has 4 bridgehead atoms. The van der Waals surface area contributed by atoms with Crippen molar-refractivity contribution < 1.29 is 38.8 Å². The predicted molar refractivity (Wildman–Crippen MR) is 174 cm³/mol. The van der Waals surface area contributed by atoms with Gasteiger partial charge in [0.1, 0.15) is 28.4 Å². The van der Waals surface area contributed by atoms with Crippen molar-refractivity contribution in [1.29, 1.82) is 0 Å². The molecule has 3 aliphatic heterocycles. The van der Waals surface area contributed by atoms with E-state index in [1.54, 1.807) is 6.08 Å². The molecule has 8 nitrogen and oxygen atoms in total. The number of phenolic OH excluding ortho intramolecular Hbond substituents is 1. The molecule has 0 aromatic heterocycles. The van der Waals surface area contributed by atoms with E-state index in [4.69, 9.17) is 14.2 Å². The molecule has 1 aromatic rings. The number of ether oxygens (including phenoxy) is 3. The lowest BCUT2D eigenvalue weighted by atomic mass is 9.51. The van der Waals surface area contributed by atoms with Crippen molar-refractivity contribution in [3.8, 4) is 17.2 Å². The molecular weight excluding hydrogens is 584 g/mol. The number of aromatic hydroxyl groups is 1. The third-order valence-corrected chi connectivity index (χ3v) is 10.5. The van der Waals surface area contributed by atoms with Crippen molar-refractivity contribution in [3.05, 3.63) is 69.4 Å². The summed E-state index contributed by atoms with van der Waals surface area (Å²) in [6.07, 6.45) is 13.4. The number of carbonyl (C=O) groups is 3. The average Bonchev–Trinajstić information content (AvgIpc) is 3.12. The van der Waals surface area contributed by atoms with E-state index in [0.717, 1.165) is 12.0 Å². The lowest BCUT2D eigenvalue weighted by Crippen LogP contribution is -2.72. The number of fused-ring (bicyclic) bond motifs is 2. The number of phenols is 1. The highest BCUT2D eigenvalue weighted by Crippen LogP contribution is 2.68. The zero-order valence-corrected chi connectivity index (χ0v) is 28.0. The number of aliphatic carboxylic acids is 1. The van der Waals surface area contributed by atoms with Crippen molar-refractivity contribution in [2.45, 2.75) is 110 Å². The van der Waals surface area contributed by atoms with Crippen LogP contribution in [-0.4, -0.2) is 50.2 Å². The molecule has 3 aliphatic carbocycles. The van der Waals surface area contributed by atoms with Crippen LogP contribution in [0.25, 0.3) is 6.08 Å². The lowest BCUT2D eigenvalue weighted by molar-refractivity contribution is -0.171. The third-order valence-electron chi connectivity index (χ3n) is 10.5. The van der Waals surface area contributed by atoms with Crippen LogP contribution in [0.4, 0.5) is 0 Å². The van der Waals surface area contributed by atoms with Crippen LogP contribution in [0.3, 0.4) is 0 Å². The van der Waals surface area contributed by atoms with Crippen LogP contribution in [0.15, 0.2) is 52.7 Å². The SMILES string of the molecule is CC(C)=CCC[C@]1(C)C=Cc2c(O)c3c(c(CC=C(C)C)c2O1)O[C@]12C(=C[C@@H]4CC1C(C)(C)OC2(C/C=C(/C)C(=O)O)C4=O)C3=O. The van der Waals surface area contributed by atoms with E-state index in [1.165, 1.54) is 18.6 Å². The number of Topliss-reactive ketones (excluding diaryl/α,β-unsaturated/α-hetero) is 2. The van der Waals surface area contributed by atoms with E-state index in [0.29, 0.717) is 41.7 Å². The van der Waals surface area contributed by atoms with E-state index in [1.807, 2.05) is 52.8 Å². The van der Waals surface area contributed by atoms with Crippen LogP contribution in [0.1, 0.15) is 103 Å². The Labute approximate surface area is 270 Å². The van der Waals surface area contributed by atoms with Crippen LogP contribution >= 0.6 is 0 Å². The van der Waals surface area contributed by atoms with Crippen molar-refractivity contribution in [1.82, 2.24) is 0 Å². The van der Waals surface area contributed by atoms with Crippen LogP contribution in [-0.2, 0) is 20.7 Å². The molecule has 7 rings (SSSR count). The highest BCUT2D eigenvalue weighted by atomic mass is 16.6. The molecule has 244 valence electrons. The first-order valence-electron chi connectivity index (χ1n) is 16.2. The largest absolute Gasteiger partial charge is 0.506 e. The quantitative estimate of drug-likeness (QED) is 0.228. The molecule has 2 N–H and O–H groups in total. The van der Waals surface area contributed by atoms with Gasteiger partial charge in [-0.05, 0) is 93.2 Å². The minimum Gasteiger partial charge on any atom is -0.506 e. The molecule has 1 saturated heterocycles. The first kappa shape index (κ1) is 32.0. The van der Waals surface area contributed by atoms with E-state index in [-0.39, 0.29) is 40.8 Å². The number of benzene rings is 1. The second kappa shape index (κ2) is 10.6. The summed E-state index contributed by atoms with van der Waals surface area (Å²) in [4.78, 5) is 40.8. The van der Waals surface area contributed by atoms with Crippen LogP contribution in [0, 0.1) is 11.8 Å². The Morgan fingerprint density at radius 2 is 1.70 bits per heavy atom. The Kier molecular flexibility index (Phi) is 7.36. The molecule has 1 saturated carbocycles. The Balaban J connectivity index is 1.59. The maximum atomic E-state index is 14.7. The maximum absolute atomic E-state index is 14.7. The normalized spacial score (nSPS) is 31.2. The van der Waals surface area contributed by atoms with Gasteiger partial charge in [-0.3, -0.25) is 9.59 Å². The Morgan fingerprint density at radius 1 is 1.00 bits per heavy atom. The first-order valence-corrected chi connectivity index (χ1v) is 16.2. The van der Waals surface area contributed by atoms with Crippen LogP contribution in [0.5, 0.6) is 17.2 Å². The minimum absolute atomic E-state index is 0.0544. The van der Waals surface area contributed by atoms with Gasteiger partial charge in [0, 0.05) is 35.0 Å². The molecule has 3 heterocycles. The van der Waals surface area contributed by atoms with Gasteiger partial charge in [-0.2, -0.15) is 0 Å². The standard InChI is InChI=1S/C38H44O8/c1-20(2)10-9-15-36(8)16-14-24-29(39)28-30(40)26-18-23-19-27-35(6,7)46-37(33(23)41,17-13-22(5)34(42)43)38(26,27)45-32(28)25(31(24)44-36)12-11-21(3)4/h10-11,13-14,16,18,23,27,39H,9,12,15,17,19H2,1-8H3,(H,42,43)/b22-13-/t23-,27?,36-,37?,38-/m1/s1. The summed E-state index contributed by atoms with van der Waals surface area (Å²) in [5.41, 5.74) is -0.952. The molecule has 1 spiro atoms. The zero-order chi connectivity index (χ0) is 33.6. The monoisotopic (exact) mass is 628 g/mol. The number of allylic oxidation sites excluding steroid dienone is 5. The van der Waals surface area contributed by atoms with Gasteiger partial charge in [-0.15, -0.1) is 0 Å². The van der Waals surface area contributed by atoms with Gasteiger partial charge in [0.2, 0.25) is 0 Å².